The van der Waals surface area contributed by atoms with Gasteiger partial charge in [0.25, 0.3) is 5.91 Å². The summed E-state index contributed by atoms with van der Waals surface area (Å²) in [5, 5.41) is 2.70. The average molecular weight is 402 g/mol. The number of amides is 3. The first-order valence-electron chi connectivity index (χ1n) is 9.72. The van der Waals surface area contributed by atoms with Crippen molar-refractivity contribution in [1.29, 1.82) is 0 Å². The van der Waals surface area contributed by atoms with E-state index in [1.807, 2.05) is 46.8 Å². The number of rotatable bonds is 4. The van der Waals surface area contributed by atoms with Crippen molar-refractivity contribution in [3.8, 4) is 0 Å². The van der Waals surface area contributed by atoms with Crippen LogP contribution in [0.25, 0.3) is 0 Å². The minimum absolute atomic E-state index is 0.0800. The van der Waals surface area contributed by atoms with E-state index in [2.05, 4.69) is 11.9 Å². The fourth-order valence-electron chi connectivity index (χ4n) is 3.19. The second-order valence-electron chi connectivity index (χ2n) is 8.79. The van der Waals surface area contributed by atoms with E-state index in [4.69, 9.17) is 4.74 Å². The lowest BCUT2D eigenvalue weighted by atomic mass is 9.98. The van der Waals surface area contributed by atoms with E-state index in [0.717, 1.165) is 5.56 Å². The number of nitrogens with zero attached hydrogens (tertiary/aromatic N) is 2. The van der Waals surface area contributed by atoms with Crippen LogP contribution in [-0.4, -0.2) is 58.5 Å². The summed E-state index contributed by atoms with van der Waals surface area (Å²) in [4.78, 5) is 40.1. The van der Waals surface area contributed by atoms with Crippen LogP contribution in [0.15, 0.2) is 36.9 Å². The van der Waals surface area contributed by atoms with Crippen LogP contribution in [0, 0.1) is 0 Å². The van der Waals surface area contributed by atoms with E-state index in [9.17, 15) is 14.4 Å². The molecule has 0 aliphatic carbocycles. The summed E-state index contributed by atoms with van der Waals surface area (Å²) in [7, 11) is 0. The van der Waals surface area contributed by atoms with Gasteiger partial charge in [0.1, 0.15) is 5.60 Å². The van der Waals surface area contributed by atoms with Gasteiger partial charge in [-0.3, -0.25) is 14.5 Å². The Balaban J connectivity index is 2.01. The van der Waals surface area contributed by atoms with E-state index in [1.54, 1.807) is 21.9 Å². The number of nitrogens with one attached hydrogen (secondary N) is 1. The summed E-state index contributed by atoms with van der Waals surface area (Å²) in [6.45, 7) is 14.4. The molecule has 0 aromatic heterocycles. The zero-order valence-corrected chi connectivity index (χ0v) is 17.9. The van der Waals surface area contributed by atoms with Crippen LogP contribution in [0.4, 0.5) is 4.79 Å². The maximum atomic E-state index is 12.9. The van der Waals surface area contributed by atoms with E-state index in [1.165, 1.54) is 6.08 Å². The molecule has 1 aliphatic heterocycles. The second kappa shape index (κ2) is 8.68. The first-order valence-corrected chi connectivity index (χ1v) is 9.72. The smallest absolute Gasteiger partial charge is 0.410 e. The predicted molar refractivity (Wildman–Crippen MR) is 111 cm³/mol. The molecule has 29 heavy (non-hydrogen) atoms. The van der Waals surface area contributed by atoms with Crippen molar-refractivity contribution in [1.82, 2.24) is 15.1 Å². The molecule has 1 saturated heterocycles. The Labute approximate surface area is 172 Å². The molecule has 1 aliphatic rings. The molecular weight excluding hydrogens is 370 g/mol. The third kappa shape index (κ3) is 6.07. The molecule has 7 nitrogen and oxygen atoms in total. The first-order chi connectivity index (χ1) is 13.4. The number of carbonyl (C=O) groups excluding carboxylic acids is 3. The molecule has 1 fully saturated rings. The largest absolute Gasteiger partial charge is 0.444 e. The summed E-state index contributed by atoms with van der Waals surface area (Å²) in [6, 6.07) is 7.15. The van der Waals surface area contributed by atoms with Crippen LogP contribution in [-0.2, 0) is 16.1 Å². The van der Waals surface area contributed by atoms with Crippen molar-refractivity contribution < 1.29 is 19.1 Å². The van der Waals surface area contributed by atoms with Gasteiger partial charge in [-0.2, -0.15) is 0 Å². The molecule has 0 spiro atoms. The van der Waals surface area contributed by atoms with Crippen molar-refractivity contribution in [2.24, 2.45) is 0 Å². The molecule has 1 aromatic rings. The molecule has 158 valence electrons. The standard InChI is InChI=1S/C22H31N3O4/c1-7-18(26)23-14-16-8-10-17(11-9-16)19(27)24-12-13-25(22(5,6)15-24)20(28)29-21(2,3)4/h7-11H,1,12-15H2,2-6H3,(H,23,26). The predicted octanol–water partition coefficient (Wildman–Crippen LogP) is 2.96. The van der Waals surface area contributed by atoms with E-state index < -0.39 is 11.1 Å². The molecule has 0 radical (unpaired) electrons. The third-order valence-corrected chi connectivity index (χ3v) is 4.66. The number of hydrogen-bond acceptors (Lipinski definition) is 4. The van der Waals surface area contributed by atoms with Crippen molar-refractivity contribution in [3.63, 3.8) is 0 Å². The van der Waals surface area contributed by atoms with Crippen LogP contribution < -0.4 is 5.32 Å². The molecule has 1 N–H and O–H groups in total. The molecule has 1 heterocycles. The molecule has 1 aromatic carbocycles. The van der Waals surface area contributed by atoms with Gasteiger partial charge < -0.3 is 15.0 Å². The normalized spacial score (nSPS) is 16.2. The average Bonchev–Trinajstić information content (AvgIpc) is 2.63. The Morgan fingerprint density at radius 1 is 1.17 bits per heavy atom. The zero-order chi connectivity index (χ0) is 21.8. The van der Waals surface area contributed by atoms with Gasteiger partial charge in [-0.1, -0.05) is 18.7 Å². The fourth-order valence-corrected chi connectivity index (χ4v) is 3.19. The summed E-state index contributed by atoms with van der Waals surface area (Å²) >= 11 is 0. The van der Waals surface area contributed by atoms with Gasteiger partial charge in [0, 0.05) is 31.7 Å². The van der Waals surface area contributed by atoms with Crippen molar-refractivity contribution in [2.75, 3.05) is 19.6 Å². The number of ether oxygens (including phenoxy) is 1. The SMILES string of the molecule is C=CC(=O)NCc1ccc(C(=O)N2CCN(C(=O)OC(C)(C)C)C(C)(C)C2)cc1. The number of benzene rings is 1. The quantitative estimate of drug-likeness (QED) is 0.787. The molecule has 0 bridgehead atoms. The van der Waals surface area contributed by atoms with Crippen LogP contribution in [0.3, 0.4) is 0 Å². The highest BCUT2D eigenvalue weighted by molar-refractivity contribution is 5.94. The lowest BCUT2D eigenvalue weighted by molar-refractivity contribution is -0.116. The third-order valence-electron chi connectivity index (χ3n) is 4.66. The molecule has 3 amide bonds. The van der Waals surface area contributed by atoms with Gasteiger partial charge in [-0.15, -0.1) is 0 Å². The highest BCUT2D eigenvalue weighted by Gasteiger charge is 2.40. The topological polar surface area (TPSA) is 79.0 Å². The molecule has 7 heteroatoms. The molecule has 0 saturated carbocycles. The Hall–Kier alpha value is -2.83. The maximum absolute atomic E-state index is 12.9. The number of hydrogen-bond donors (Lipinski definition) is 1. The van der Waals surface area contributed by atoms with Gasteiger partial charge in [-0.25, -0.2) is 4.79 Å². The van der Waals surface area contributed by atoms with E-state index in [0.29, 0.717) is 31.7 Å². The Kier molecular flexibility index (Phi) is 6.72. The highest BCUT2D eigenvalue weighted by Crippen LogP contribution is 2.25. The van der Waals surface area contributed by atoms with Crippen LogP contribution in [0.1, 0.15) is 50.5 Å². The van der Waals surface area contributed by atoms with Gasteiger partial charge in [0.15, 0.2) is 0 Å². The minimum Gasteiger partial charge on any atom is -0.444 e. The van der Waals surface area contributed by atoms with Crippen molar-refractivity contribution >= 4 is 17.9 Å². The van der Waals surface area contributed by atoms with Crippen molar-refractivity contribution in [2.45, 2.75) is 52.3 Å². The van der Waals surface area contributed by atoms with Crippen LogP contribution in [0.5, 0.6) is 0 Å². The van der Waals surface area contributed by atoms with Gasteiger partial charge >= 0.3 is 6.09 Å². The fraction of sp³-hybridized carbons (Fsp3) is 0.500. The lowest BCUT2D eigenvalue weighted by Crippen LogP contribution is -2.62. The Morgan fingerprint density at radius 3 is 2.31 bits per heavy atom. The van der Waals surface area contributed by atoms with Crippen LogP contribution >= 0.6 is 0 Å². The summed E-state index contributed by atoms with van der Waals surface area (Å²) in [5.41, 5.74) is 0.371. The van der Waals surface area contributed by atoms with Gasteiger partial charge in [-0.05, 0) is 58.4 Å². The number of piperazine rings is 1. The summed E-state index contributed by atoms with van der Waals surface area (Å²) < 4.78 is 5.50. The summed E-state index contributed by atoms with van der Waals surface area (Å²) in [5.74, 6) is -0.321. The van der Waals surface area contributed by atoms with Crippen molar-refractivity contribution in [3.05, 3.63) is 48.0 Å². The first kappa shape index (κ1) is 22.5. The Bertz CT molecular complexity index is 778. The van der Waals surface area contributed by atoms with E-state index >= 15 is 0 Å². The zero-order valence-electron chi connectivity index (χ0n) is 17.9. The van der Waals surface area contributed by atoms with Gasteiger partial charge in [0.2, 0.25) is 5.91 Å². The van der Waals surface area contributed by atoms with Gasteiger partial charge in [0.05, 0.1) is 5.54 Å². The maximum Gasteiger partial charge on any atom is 0.410 e. The molecule has 0 atom stereocenters. The molecule has 2 rings (SSSR count). The van der Waals surface area contributed by atoms with E-state index in [-0.39, 0.29) is 17.9 Å². The number of carbonyl (C=O) groups is 3. The summed E-state index contributed by atoms with van der Waals surface area (Å²) in [6.07, 6.45) is 0.858. The highest BCUT2D eigenvalue weighted by atomic mass is 16.6. The lowest BCUT2D eigenvalue weighted by Gasteiger charge is -2.47. The molecular formula is C22H31N3O4. The molecule has 0 unspecified atom stereocenters. The minimum atomic E-state index is -0.562. The van der Waals surface area contributed by atoms with Crippen LogP contribution in [0.2, 0.25) is 0 Å². The second-order valence-corrected chi connectivity index (χ2v) is 8.79. The Morgan fingerprint density at radius 2 is 1.79 bits per heavy atom. The monoisotopic (exact) mass is 401 g/mol.